The van der Waals surface area contributed by atoms with Gasteiger partial charge in [-0.25, -0.2) is 10.0 Å². The van der Waals surface area contributed by atoms with Crippen LogP contribution in [0.15, 0.2) is 47.5 Å². The van der Waals surface area contributed by atoms with Crippen molar-refractivity contribution in [3.63, 3.8) is 0 Å². The molecule has 0 saturated carbocycles. The third kappa shape index (κ3) is 3.73. The molecule has 0 amide bonds. The van der Waals surface area contributed by atoms with Crippen molar-refractivity contribution in [1.82, 2.24) is 14.8 Å². The second-order valence-corrected chi connectivity index (χ2v) is 7.16. The van der Waals surface area contributed by atoms with Crippen molar-refractivity contribution in [2.45, 2.75) is 26.3 Å². The van der Waals surface area contributed by atoms with Gasteiger partial charge in [0, 0.05) is 37.5 Å². The number of hydrogen-bond acceptors (Lipinski definition) is 5. The van der Waals surface area contributed by atoms with E-state index >= 15 is 0 Å². The summed E-state index contributed by atoms with van der Waals surface area (Å²) in [5, 5.41) is 6.95. The van der Waals surface area contributed by atoms with Crippen molar-refractivity contribution in [2.24, 2.45) is 10.1 Å². The number of aliphatic imine (C=N–C) groups is 1. The highest BCUT2D eigenvalue weighted by atomic mass is 15.6. The summed E-state index contributed by atoms with van der Waals surface area (Å²) >= 11 is 0. The van der Waals surface area contributed by atoms with Crippen LogP contribution in [-0.2, 0) is 0 Å². The maximum atomic E-state index is 5.01. The van der Waals surface area contributed by atoms with Crippen LogP contribution in [0.5, 0.6) is 0 Å². The second kappa shape index (κ2) is 7.87. The maximum absolute atomic E-state index is 5.01. The topological polar surface area (TPSA) is 34.4 Å². The summed E-state index contributed by atoms with van der Waals surface area (Å²) in [5.74, 6) is 0.949. The molecule has 138 valence electrons. The molecule has 26 heavy (non-hydrogen) atoms. The van der Waals surface area contributed by atoms with E-state index in [2.05, 4.69) is 53.2 Å². The van der Waals surface area contributed by atoms with Crippen LogP contribution in [0.2, 0.25) is 0 Å². The Morgan fingerprint density at radius 1 is 1.23 bits per heavy atom. The highest BCUT2D eigenvalue weighted by Crippen LogP contribution is 2.39. The molecule has 5 heteroatoms. The Morgan fingerprint density at radius 3 is 2.58 bits per heavy atom. The van der Waals surface area contributed by atoms with Gasteiger partial charge in [0.15, 0.2) is 0 Å². The molecule has 1 unspecified atom stereocenters. The highest BCUT2D eigenvalue weighted by molar-refractivity contribution is 5.88. The van der Waals surface area contributed by atoms with Crippen LogP contribution in [0.25, 0.3) is 6.08 Å². The SMILES string of the molecule is C=CCC1c2cc(C=C)ccc2N=C(N2CCN(C)CC2)N1N=C(C)C. The number of fused-ring (bicyclic) bond motifs is 1. The number of piperazine rings is 1. The van der Waals surface area contributed by atoms with Crippen molar-refractivity contribution in [3.05, 3.63) is 48.6 Å². The van der Waals surface area contributed by atoms with E-state index in [-0.39, 0.29) is 6.04 Å². The first-order valence-electron chi connectivity index (χ1n) is 9.24. The largest absolute Gasteiger partial charge is 0.338 e. The fourth-order valence-corrected chi connectivity index (χ4v) is 3.44. The molecule has 1 fully saturated rings. The third-order valence-corrected chi connectivity index (χ3v) is 4.85. The van der Waals surface area contributed by atoms with Crippen molar-refractivity contribution in [2.75, 3.05) is 33.2 Å². The minimum absolute atomic E-state index is 0.101. The van der Waals surface area contributed by atoms with Gasteiger partial charge in [-0.2, -0.15) is 5.10 Å². The predicted octanol–water partition coefficient (Wildman–Crippen LogP) is 3.89. The van der Waals surface area contributed by atoms with Gasteiger partial charge in [-0.05, 0) is 45.0 Å². The lowest BCUT2D eigenvalue weighted by atomic mass is 9.97. The van der Waals surface area contributed by atoms with E-state index in [1.807, 2.05) is 26.0 Å². The molecule has 5 nitrogen and oxygen atoms in total. The zero-order valence-electron chi connectivity index (χ0n) is 16.1. The highest BCUT2D eigenvalue weighted by Gasteiger charge is 2.33. The Balaban J connectivity index is 2.09. The van der Waals surface area contributed by atoms with Crippen LogP contribution in [0, 0.1) is 0 Å². The van der Waals surface area contributed by atoms with Gasteiger partial charge in [-0.15, -0.1) is 6.58 Å². The normalized spacial score (nSPS) is 20.3. The fraction of sp³-hybridized carbons (Fsp3) is 0.429. The van der Waals surface area contributed by atoms with E-state index in [1.165, 1.54) is 5.56 Å². The zero-order valence-corrected chi connectivity index (χ0v) is 16.1. The molecule has 2 heterocycles. The standard InChI is InChI=1S/C21H29N5/c1-6-8-20-18-15-17(7-2)9-10-19(18)22-21(26(20)23-16(3)4)25-13-11-24(5)12-14-25/h6-7,9-10,15,20H,1-2,8,11-14H2,3-5H3. The quantitative estimate of drug-likeness (QED) is 0.610. The van der Waals surface area contributed by atoms with Gasteiger partial charge in [0.25, 0.3) is 0 Å². The Labute approximate surface area is 157 Å². The summed E-state index contributed by atoms with van der Waals surface area (Å²) in [6.07, 6.45) is 4.66. The number of likely N-dealkylation sites (N-methyl/N-ethyl adjacent to an activating group) is 1. The molecule has 0 N–H and O–H groups in total. The molecule has 0 aromatic heterocycles. The second-order valence-electron chi connectivity index (χ2n) is 7.16. The molecule has 2 aliphatic rings. The van der Waals surface area contributed by atoms with Crippen LogP contribution in [-0.4, -0.2) is 59.7 Å². The molecule has 1 aromatic carbocycles. The molecule has 2 aliphatic heterocycles. The first-order chi connectivity index (χ1) is 12.5. The smallest absolute Gasteiger partial charge is 0.223 e. The number of nitrogens with zero attached hydrogens (tertiary/aromatic N) is 5. The van der Waals surface area contributed by atoms with Crippen LogP contribution >= 0.6 is 0 Å². The maximum Gasteiger partial charge on any atom is 0.223 e. The van der Waals surface area contributed by atoms with Gasteiger partial charge >= 0.3 is 0 Å². The fourth-order valence-electron chi connectivity index (χ4n) is 3.44. The summed E-state index contributed by atoms with van der Waals surface area (Å²) < 4.78 is 0. The number of benzene rings is 1. The van der Waals surface area contributed by atoms with Crippen molar-refractivity contribution in [3.8, 4) is 0 Å². The van der Waals surface area contributed by atoms with E-state index in [0.717, 1.165) is 55.5 Å². The van der Waals surface area contributed by atoms with E-state index in [0.29, 0.717) is 0 Å². The Hall–Kier alpha value is -2.40. The van der Waals surface area contributed by atoms with Crippen LogP contribution in [0.4, 0.5) is 5.69 Å². The summed E-state index contributed by atoms with van der Waals surface area (Å²) in [6.45, 7) is 15.9. The lowest BCUT2D eigenvalue weighted by Gasteiger charge is -2.42. The number of rotatable bonds is 4. The number of guanidine groups is 1. The molecular formula is C21H29N5. The van der Waals surface area contributed by atoms with Gasteiger partial charge in [0.05, 0.1) is 11.7 Å². The predicted molar refractivity (Wildman–Crippen MR) is 111 cm³/mol. The Morgan fingerprint density at radius 2 is 1.96 bits per heavy atom. The molecule has 0 spiro atoms. The first-order valence-corrected chi connectivity index (χ1v) is 9.24. The average Bonchev–Trinajstić information content (AvgIpc) is 2.63. The van der Waals surface area contributed by atoms with Gasteiger partial charge < -0.3 is 9.80 Å². The number of hydrazone groups is 1. The Bertz CT molecular complexity index is 737. The summed E-state index contributed by atoms with van der Waals surface area (Å²) in [5.41, 5.74) is 4.33. The summed E-state index contributed by atoms with van der Waals surface area (Å²) in [7, 11) is 2.17. The van der Waals surface area contributed by atoms with Crippen LogP contribution < -0.4 is 0 Å². The van der Waals surface area contributed by atoms with Gasteiger partial charge in [-0.1, -0.05) is 24.8 Å². The molecule has 1 saturated heterocycles. The van der Waals surface area contributed by atoms with E-state index in [9.17, 15) is 0 Å². The van der Waals surface area contributed by atoms with Gasteiger partial charge in [0.1, 0.15) is 0 Å². The molecule has 0 aliphatic carbocycles. The summed E-state index contributed by atoms with van der Waals surface area (Å²) in [4.78, 5) is 9.72. The Kier molecular flexibility index (Phi) is 5.57. The lowest BCUT2D eigenvalue weighted by molar-refractivity contribution is 0.184. The molecule has 1 aromatic rings. The van der Waals surface area contributed by atoms with E-state index in [1.54, 1.807) is 0 Å². The molecule has 0 bridgehead atoms. The number of hydrogen-bond donors (Lipinski definition) is 0. The zero-order chi connectivity index (χ0) is 18.7. The average molecular weight is 351 g/mol. The van der Waals surface area contributed by atoms with Gasteiger partial charge in [0.2, 0.25) is 5.96 Å². The molecular weight excluding hydrogens is 322 g/mol. The molecule has 3 rings (SSSR count). The van der Waals surface area contributed by atoms with E-state index in [4.69, 9.17) is 10.1 Å². The monoisotopic (exact) mass is 351 g/mol. The van der Waals surface area contributed by atoms with Crippen LogP contribution in [0.3, 0.4) is 0 Å². The van der Waals surface area contributed by atoms with E-state index < -0.39 is 0 Å². The van der Waals surface area contributed by atoms with Crippen molar-refractivity contribution >= 4 is 23.4 Å². The summed E-state index contributed by atoms with van der Waals surface area (Å²) in [6, 6.07) is 6.45. The van der Waals surface area contributed by atoms with Crippen molar-refractivity contribution < 1.29 is 0 Å². The third-order valence-electron chi connectivity index (χ3n) is 4.85. The van der Waals surface area contributed by atoms with Gasteiger partial charge in [-0.3, -0.25) is 0 Å². The molecule has 1 atom stereocenters. The lowest BCUT2D eigenvalue weighted by Crippen LogP contribution is -2.53. The minimum Gasteiger partial charge on any atom is -0.338 e. The minimum atomic E-state index is 0.101. The molecule has 0 radical (unpaired) electrons. The first kappa shape index (κ1) is 18.4. The van der Waals surface area contributed by atoms with Crippen molar-refractivity contribution in [1.29, 1.82) is 0 Å². The van der Waals surface area contributed by atoms with Crippen LogP contribution in [0.1, 0.15) is 37.4 Å².